The van der Waals surface area contributed by atoms with E-state index in [2.05, 4.69) is 22.0 Å². The molecule has 0 fully saturated rings. The maximum atomic E-state index is 9.65. The Labute approximate surface area is 189 Å². The molecule has 0 saturated heterocycles. The fourth-order valence-corrected chi connectivity index (χ4v) is 3.45. The van der Waals surface area contributed by atoms with Crippen LogP contribution in [0.25, 0.3) is 11.6 Å². The minimum absolute atomic E-state index is 0.431. The standard InChI is InChI=1S/C24H19BrClNO3/c1-28-23-10-6-18(13-24(23)29-2)19(14-27)11-17-5-9-22(21(25)12-17)30-15-16-3-7-20(26)8-4-16/h3-13H,15H2,1-2H3/b19-11+. The molecular formula is C24H19BrClNO3. The van der Waals surface area contributed by atoms with Crippen LogP contribution in [0.3, 0.4) is 0 Å². The summed E-state index contributed by atoms with van der Waals surface area (Å²) in [6.07, 6.45) is 1.81. The van der Waals surface area contributed by atoms with Crippen molar-refractivity contribution in [3.8, 4) is 23.3 Å². The summed E-state index contributed by atoms with van der Waals surface area (Å²) in [6.45, 7) is 0.431. The number of halogens is 2. The molecule has 0 aliphatic rings. The highest BCUT2D eigenvalue weighted by atomic mass is 79.9. The molecule has 0 saturated carbocycles. The van der Waals surface area contributed by atoms with Gasteiger partial charge in [-0.2, -0.15) is 5.26 Å². The first-order valence-corrected chi connectivity index (χ1v) is 10.2. The van der Waals surface area contributed by atoms with E-state index in [0.29, 0.717) is 34.5 Å². The summed E-state index contributed by atoms with van der Waals surface area (Å²) >= 11 is 9.46. The second-order valence-corrected chi connectivity index (χ2v) is 7.64. The molecule has 3 aromatic rings. The summed E-state index contributed by atoms with van der Waals surface area (Å²) in [5, 5.41) is 10.3. The Kier molecular flexibility index (Phi) is 7.40. The van der Waals surface area contributed by atoms with Gasteiger partial charge in [0.1, 0.15) is 12.4 Å². The number of rotatable bonds is 7. The van der Waals surface area contributed by atoms with Gasteiger partial charge in [-0.15, -0.1) is 0 Å². The van der Waals surface area contributed by atoms with Crippen molar-refractivity contribution < 1.29 is 14.2 Å². The Balaban J connectivity index is 1.80. The van der Waals surface area contributed by atoms with E-state index in [4.69, 9.17) is 25.8 Å². The fraction of sp³-hybridized carbons (Fsp3) is 0.125. The molecule has 0 aromatic heterocycles. The van der Waals surface area contributed by atoms with Crippen molar-refractivity contribution >= 4 is 39.2 Å². The second-order valence-electron chi connectivity index (χ2n) is 6.34. The highest BCUT2D eigenvalue weighted by Gasteiger charge is 2.09. The molecule has 0 N–H and O–H groups in total. The number of benzene rings is 3. The van der Waals surface area contributed by atoms with Gasteiger partial charge in [-0.3, -0.25) is 0 Å². The molecule has 0 bridgehead atoms. The number of methoxy groups -OCH3 is 2. The van der Waals surface area contributed by atoms with Crippen LogP contribution in [-0.2, 0) is 6.61 Å². The zero-order valence-corrected chi connectivity index (χ0v) is 18.8. The lowest BCUT2D eigenvalue weighted by Crippen LogP contribution is -1.96. The molecule has 3 rings (SSSR count). The Morgan fingerprint density at radius 1 is 0.967 bits per heavy atom. The van der Waals surface area contributed by atoms with Gasteiger partial charge in [0.05, 0.1) is 30.3 Å². The smallest absolute Gasteiger partial charge is 0.161 e. The zero-order chi connectivity index (χ0) is 21.5. The van der Waals surface area contributed by atoms with Crippen LogP contribution in [0.15, 0.2) is 65.1 Å². The molecule has 0 aliphatic carbocycles. The number of hydrogen-bond acceptors (Lipinski definition) is 4. The van der Waals surface area contributed by atoms with Gasteiger partial charge in [-0.1, -0.05) is 29.8 Å². The van der Waals surface area contributed by atoms with Crippen LogP contribution in [0, 0.1) is 11.3 Å². The summed E-state index contributed by atoms with van der Waals surface area (Å²) in [5.41, 5.74) is 3.15. The molecule has 3 aromatic carbocycles. The van der Waals surface area contributed by atoms with E-state index in [-0.39, 0.29) is 0 Å². The van der Waals surface area contributed by atoms with Gasteiger partial charge >= 0.3 is 0 Å². The number of ether oxygens (including phenoxy) is 3. The van der Waals surface area contributed by atoms with Crippen LogP contribution in [0.4, 0.5) is 0 Å². The molecule has 0 spiro atoms. The molecule has 0 amide bonds. The first-order valence-electron chi connectivity index (χ1n) is 9.05. The van der Waals surface area contributed by atoms with E-state index in [1.54, 1.807) is 26.4 Å². The van der Waals surface area contributed by atoms with Crippen molar-refractivity contribution in [2.24, 2.45) is 0 Å². The number of allylic oxidation sites excluding steroid dienone is 1. The third kappa shape index (κ3) is 5.35. The van der Waals surface area contributed by atoms with E-state index in [0.717, 1.165) is 21.2 Å². The normalized spacial score (nSPS) is 11.0. The van der Waals surface area contributed by atoms with Crippen molar-refractivity contribution in [3.63, 3.8) is 0 Å². The second kappa shape index (κ2) is 10.2. The Morgan fingerprint density at radius 3 is 2.30 bits per heavy atom. The topological polar surface area (TPSA) is 51.5 Å². The monoisotopic (exact) mass is 483 g/mol. The highest BCUT2D eigenvalue weighted by Crippen LogP contribution is 2.32. The van der Waals surface area contributed by atoms with Gasteiger partial charge in [0.25, 0.3) is 0 Å². The molecule has 0 aliphatic heterocycles. The van der Waals surface area contributed by atoms with Gasteiger partial charge in [0, 0.05) is 5.02 Å². The maximum absolute atomic E-state index is 9.65. The Hall–Kier alpha value is -2.94. The molecule has 0 atom stereocenters. The van der Waals surface area contributed by atoms with Crippen LogP contribution in [0.2, 0.25) is 5.02 Å². The predicted molar refractivity (Wildman–Crippen MR) is 123 cm³/mol. The largest absolute Gasteiger partial charge is 0.493 e. The lowest BCUT2D eigenvalue weighted by Gasteiger charge is -2.10. The summed E-state index contributed by atoms with van der Waals surface area (Å²) in [4.78, 5) is 0. The van der Waals surface area contributed by atoms with E-state index >= 15 is 0 Å². The average molecular weight is 485 g/mol. The highest BCUT2D eigenvalue weighted by molar-refractivity contribution is 9.10. The number of hydrogen-bond donors (Lipinski definition) is 0. The predicted octanol–water partition coefficient (Wildman–Crippen LogP) is 6.76. The molecule has 0 radical (unpaired) electrons. The minimum Gasteiger partial charge on any atom is -0.493 e. The lowest BCUT2D eigenvalue weighted by molar-refractivity contribution is 0.304. The van der Waals surface area contributed by atoms with Crippen LogP contribution in [0.5, 0.6) is 17.2 Å². The minimum atomic E-state index is 0.431. The average Bonchev–Trinajstić information content (AvgIpc) is 2.77. The molecule has 30 heavy (non-hydrogen) atoms. The van der Waals surface area contributed by atoms with Crippen LogP contribution < -0.4 is 14.2 Å². The zero-order valence-electron chi connectivity index (χ0n) is 16.5. The first-order chi connectivity index (χ1) is 14.5. The third-order valence-electron chi connectivity index (χ3n) is 4.39. The molecule has 0 unspecified atom stereocenters. The van der Waals surface area contributed by atoms with E-state index in [1.807, 2.05) is 54.6 Å². The fourth-order valence-electron chi connectivity index (χ4n) is 2.82. The van der Waals surface area contributed by atoms with Crippen molar-refractivity contribution in [2.75, 3.05) is 14.2 Å². The lowest BCUT2D eigenvalue weighted by atomic mass is 10.0. The Bertz CT molecular complexity index is 1100. The SMILES string of the molecule is COc1ccc(/C(C#N)=C/c2ccc(OCc3ccc(Cl)cc3)c(Br)c2)cc1OC. The van der Waals surface area contributed by atoms with Crippen molar-refractivity contribution in [1.82, 2.24) is 0 Å². The molecular weight excluding hydrogens is 466 g/mol. The summed E-state index contributed by atoms with van der Waals surface area (Å²) in [5.74, 6) is 1.90. The van der Waals surface area contributed by atoms with Gasteiger partial charge in [-0.05, 0) is 81.2 Å². The van der Waals surface area contributed by atoms with Crippen molar-refractivity contribution in [3.05, 3.63) is 86.8 Å². The van der Waals surface area contributed by atoms with Gasteiger partial charge in [-0.25, -0.2) is 0 Å². The number of nitriles is 1. The number of nitrogens with zero attached hydrogens (tertiary/aromatic N) is 1. The molecule has 0 heterocycles. The van der Waals surface area contributed by atoms with Gasteiger partial charge in [0.2, 0.25) is 0 Å². The van der Waals surface area contributed by atoms with Crippen molar-refractivity contribution in [1.29, 1.82) is 5.26 Å². The Morgan fingerprint density at radius 2 is 1.67 bits per heavy atom. The summed E-state index contributed by atoms with van der Waals surface area (Å²) in [6, 6.07) is 20.8. The van der Waals surface area contributed by atoms with Crippen LogP contribution in [-0.4, -0.2) is 14.2 Å². The van der Waals surface area contributed by atoms with Gasteiger partial charge < -0.3 is 14.2 Å². The molecule has 6 heteroatoms. The first kappa shape index (κ1) is 21.8. The maximum Gasteiger partial charge on any atom is 0.161 e. The van der Waals surface area contributed by atoms with Crippen molar-refractivity contribution in [2.45, 2.75) is 6.61 Å². The van der Waals surface area contributed by atoms with E-state index in [9.17, 15) is 5.26 Å². The summed E-state index contributed by atoms with van der Waals surface area (Å²) in [7, 11) is 3.14. The third-order valence-corrected chi connectivity index (χ3v) is 5.26. The molecule has 152 valence electrons. The van der Waals surface area contributed by atoms with E-state index < -0.39 is 0 Å². The summed E-state index contributed by atoms with van der Waals surface area (Å²) < 4.78 is 17.3. The van der Waals surface area contributed by atoms with Crippen LogP contribution >= 0.6 is 27.5 Å². The quantitative estimate of drug-likeness (QED) is 0.274. The van der Waals surface area contributed by atoms with Crippen LogP contribution in [0.1, 0.15) is 16.7 Å². The molecule has 4 nitrogen and oxygen atoms in total. The van der Waals surface area contributed by atoms with Gasteiger partial charge in [0.15, 0.2) is 11.5 Å². The van der Waals surface area contributed by atoms with E-state index in [1.165, 1.54) is 0 Å².